The molecular weight excluding hydrogens is 572 g/mol. The topological polar surface area (TPSA) is 147 Å². The highest BCUT2D eigenvalue weighted by Crippen LogP contribution is 2.23. The van der Waals surface area contributed by atoms with Crippen LogP contribution in [0.1, 0.15) is 56.1 Å². The number of hydrogen-bond acceptors (Lipinski definition) is 7. The second-order valence-electron chi connectivity index (χ2n) is 11.8. The normalized spacial score (nSPS) is 25.6. The first kappa shape index (κ1) is 33.2. The number of aromatic nitrogens is 2. The van der Waals surface area contributed by atoms with Crippen LogP contribution in [0.3, 0.4) is 0 Å². The molecule has 0 spiro atoms. The predicted octanol–water partition coefficient (Wildman–Crippen LogP) is 4.74. The zero-order valence-corrected chi connectivity index (χ0v) is 26.2. The Bertz CT molecular complexity index is 1610. The van der Waals surface area contributed by atoms with Crippen molar-refractivity contribution in [2.24, 2.45) is 11.8 Å². The number of amides is 2. The van der Waals surface area contributed by atoms with Crippen LogP contribution in [0.4, 0.5) is 0 Å². The SMILES string of the molecule is C=C1Cc2nc(co2)C(=O)N[C@H](Cc2c[nH]c3ccccc23)C(=O)O[C@H](C(C)C)[C@H](C)/C=C/C(=O)NC/C=C/C(C)=C/[C@@H](O)C1. The molecule has 2 bridgehead atoms. The summed E-state index contributed by atoms with van der Waals surface area (Å²) in [4.78, 5) is 47.1. The number of nitrogens with zero attached hydrogens (tertiary/aromatic N) is 1. The molecule has 0 fully saturated rings. The zero-order chi connectivity index (χ0) is 32.5. The van der Waals surface area contributed by atoms with Gasteiger partial charge in [-0.1, -0.05) is 81.0 Å². The number of H-pyrrole nitrogens is 1. The van der Waals surface area contributed by atoms with Crippen LogP contribution in [-0.2, 0) is 27.2 Å². The third-order valence-corrected chi connectivity index (χ3v) is 7.58. The number of aliphatic hydroxyl groups is 1. The van der Waals surface area contributed by atoms with Crippen LogP contribution < -0.4 is 10.6 Å². The summed E-state index contributed by atoms with van der Waals surface area (Å²) < 4.78 is 11.6. The predicted molar refractivity (Wildman–Crippen MR) is 172 cm³/mol. The minimum Gasteiger partial charge on any atom is -0.460 e. The van der Waals surface area contributed by atoms with Gasteiger partial charge in [0, 0.05) is 42.4 Å². The number of ether oxygens (including phenoxy) is 1. The molecule has 10 nitrogen and oxygen atoms in total. The summed E-state index contributed by atoms with van der Waals surface area (Å²) in [5.41, 5.74) is 3.25. The number of hydrogen-bond donors (Lipinski definition) is 4. The molecule has 0 aliphatic carbocycles. The molecule has 3 heterocycles. The fourth-order valence-electron chi connectivity index (χ4n) is 5.32. The van der Waals surface area contributed by atoms with Crippen molar-refractivity contribution < 1.29 is 28.6 Å². The second kappa shape index (κ2) is 15.3. The van der Waals surface area contributed by atoms with E-state index in [2.05, 4.69) is 27.2 Å². The smallest absolute Gasteiger partial charge is 0.329 e. The largest absolute Gasteiger partial charge is 0.460 e. The van der Waals surface area contributed by atoms with Gasteiger partial charge in [-0.3, -0.25) is 9.59 Å². The highest BCUT2D eigenvalue weighted by atomic mass is 16.5. The van der Waals surface area contributed by atoms with Crippen molar-refractivity contribution in [3.05, 3.63) is 102 Å². The molecule has 238 valence electrons. The molecule has 0 radical (unpaired) electrons. The maximum atomic E-state index is 13.7. The standard InChI is InChI=1S/C35H42N4O6/c1-21(2)33-24(5)12-13-31(41)36-14-8-9-22(3)15-26(40)16-23(4)17-32-38-30(20-44-32)34(42)39-29(35(43)45-33)18-25-19-37-28-11-7-6-10-27(25)28/h6-13,15,19-21,24,26,29,33,37,40H,4,14,16-18H2,1-3,5H3,(H,36,41)(H,39,42)/b9-8+,13-12+,22-15+/t24-,26-,29-,33-/m1/s1. The van der Waals surface area contributed by atoms with E-state index < -0.39 is 30.1 Å². The highest BCUT2D eigenvalue weighted by Gasteiger charge is 2.31. The average molecular weight is 615 g/mol. The Morgan fingerprint density at radius 3 is 2.71 bits per heavy atom. The monoisotopic (exact) mass is 614 g/mol. The summed E-state index contributed by atoms with van der Waals surface area (Å²) in [5.74, 6) is -1.58. The van der Waals surface area contributed by atoms with E-state index >= 15 is 0 Å². The number of rotatable bonds is 3. The lowest BCUT2D eigenvalue weighted by Crippen LogP contribution is -2.46. The molecule has 45 heavy (non-hydrogen) atoms. The number of esters is 1. The Morgan fingerprint density at radius 1 is 1.16 bits per heavy atom. The number of cyclic esters (lactones) is 1. The van der Waals surface area contributed by atoms with Gasteiger partial charge in [0.05, 0.1) is 6.10 Å². The van der Waals surface area contributed by atoms with Gasteiger partial charge >= 0.3 is 5.97 Å². The first-order valence-corrected chi connectivity index (χ1v) is 15.2. The fourth-order valence-corrected chi connectivity index (χ4v) is 5.32. The maximum Gasteiger partial charge on any atom is 0.329 e. The van der Waals surface area contributed by atoms with Crippen LogP contribution in [0.25, 0.3) is 10.9 Å². The number of carbonyl (C=O) groups excluding carboxylic acids is 3. The lowest BCUT2D eigenvalue weighted by atomic mass is 9.94. The van der Waals surface area contributed by atoms with E-state index in [0.29, 0.717) is 12.1 Å². The third-order valence-electron chi connectivity index (χ3n) is 7.58. The minimum absolute atomic E-state index is 0.0112. The molecule has 0 saturated heterocycles. The number of fused-ring (bicyclic) bond motifs is 3. The van der Waals surface area contributed by atoms with Gasteiger partial charge in [-0.15, -0.1) is 0 Å². The number of oxazole rings is 1. The molecule has 0 saturated carbocycles. The summed E-state index contributed by atoms with van der Waals surface area (Å²) in [6, 6.07) is 6.67. The molecule has 4 rings (SSSR count). The van der Waals surface area contributed by atoms with Crippen molar-refractivity contribution in [3.63, 3.8) is 0 Å². The minimum atomic E-state index is -1.04. The lowest BCUT2D eigenvalue weighted by molar-refractivity contribution is -0.155. The number of benzene rings is 1. The number of allylic oxidation sites excluding steroid dienone is 2. The second-order valence-corrected chi connectivity index (χ2v) is 11.8. The fraction of sp³-hybridized carbons (Fsp3) is 0.371. The van der Waals surface area contributed by atoms with Gasteiger partial charge in [-0.2, -0.15) is 0 Å². The lowest BCUT2D eigenvalue weighted by Gasteiger charge is -2.28. The van der Waals surface area contributed by atoms with E-state index in [1.165, 1.54) is 12.3 Å². The number of aliphatic hydroxyl groups excluding tert-OH is 1. The molecular formula is C35H42N4O6. The van der Waals surface area contributed by atoms with Gasteiger partial charge in [0.15, 0.2) is 11.6 Å². The van der Waals surface area contributed by atoms with Crippen LogP contribution >= 0.6 is 0 Å². The summed E-state index contributed by atoms with van der Waals surface area (Å²) >= 11 is 0. The van der Waals surface area contributed by atoms with E-state index in [-0.39, 0.29) is 48.6 Å². The molecule has 10 heteroatoms. The summed E-state index contributed by atoms with van der Waals surface area (Å²) in [6.45, 7) is 11.9. The van der Waals surface area contributed by atoms with E-state index in [9.17, 15) is 19.5 Å². The van der Waals surface area contributed by atoms with Crippen LogP contribution in [0.2, 0.25) is 0 Å². The molecule has 4 N–H and O–H groups in total. The van der Waals surface area contributed by atoms with E-state index in [1.807, 2.05) is 64.2 Å². The Kier molecular flexibility index (Phi) is 11.3. The van der Waals surface area contributed by atoms with Crippen LogP contribution in [0.15, 0.2) is 89.2 Å². The van der Waals surface area contributed by atoms with Crippen molar-refractivity contribution in [1.82, 2.24) is 20.6 Å². The van der Waals surface area contributed by atoms with Crippen molar-refractivity contribution in [3.8, 4) is 0 Å². The van der Waals surface area contributed by atoms with Crippen molar-refractivity contribution in [1.29, 1.82) is 0 Å². The van der Waals surface area contributed by atoms with Gasteiger partial charge in [0.1, 0.15) is 18.4 Å². The number of para-hydroxylation sites is 1. The molecule has 2 amide bonds. The molecule has 2 aromatic heterocycles. The summed E-state index contributed by atoms with van der Waals surface area (Å²) in [6.07, 6.45) is 10.8. The van der Waals surface area contributed by atoms with E-state index in [0.717, 1.165) is 22.0 Å². The number of carbonyl (C=O) groups is 3. The number of nitrogens with one attached hydrogen (secondary N) is 3. The van der Waals surface area contributed by atoms with Crippen LogP contribution in [0, 0.1) is 11.8 Å². The van der Waals surface area contributed by atoms with E-state index in [1.54, 1.807) is 18.2 Å². The van der Waals surface area contributed by atoms with Crippen LogP contribution in [-0.4, -0.2) is 57.7 Å². The van der Waals surface area contributed by atoms with Gasteiger partial charge in [0.2, 0.25) is 5.91 Å². The van der Waals surface area contributed by atoms with Crippen molar-refractivity contribution in [2.75, 3.05) is 6.54 Å². The Labute approximate surface area is 263 Å². The quantitative estimate of drug-likeness (QED) is 0.246. The molecule has 1 aromatic carbocycles. The maximum absolute atomic E-state index is 13.7. The third kappa shape index (κ3) is 9.39. The average Bonchev–Trinajstić information content (AvgIpc) is 3.62. The summed E-state index contributed by atoms with van der Waals surface area (Å²) in [7, 11) is 0. The van der Waals surface area contributed by atoms with Gasteiger partial charge in [-0.05, 0) is 37.0 Å². The van der Waals surface area contributed by atoms with Crippen molar-refractivity contribution in [2.45, 2.75) is 65.2 Å². The Morgan fingerprint density at radius 2 is 1.93 bits per heavy atom. The first-order chi connectivity index (χ1) is 21.5. The van der Waals surface area contributed by atoms with Crippen molar-refractivity contribution >= 4 is 28.7 Å². The summed E-state index contributed by atoms with van der Waals surface area (Å²) in [5, 5.41) is 17.0. The molecule has 4 atom stereocenters. The van der Waals surface area contributed by atoms with Crippen LogP contribution in [0.5, 0.6) is 0 Å². The van der Waals surface area contributed by atoms with Gasteiger partial charge < -0.3 is 29.9 Å². The molecule has 3 aromatic rings. The Hall–Kier alpha value is -4.70. The molecule has 1 aliphatic rings. The van der Waals surface area contributed by atoms with E-state index in [4.69, 9.17) is 9.15 Å². The van der Waals surface area contributed by atoms with Gasteiger partial charge in [0.25, 0.3) is 5.91 Å². The zero-order valence-electron chi connectivity index (χ0n) is 26.2. The molecule has 0 unspecified atom stereocenters. The van der Waals surface area contributed by atoms with Gasteiger partial charge in [-0.25, -0.2) is 9.78 Å². The first-order valence-electron chi connectivity index (χ1n) is 15.2. The molecule has 1 aliphatic heterocycles. The number of aromatic amines is 1. The Balaban J connectivity index is 1.63. The highest BCUT2D eigenvalue weighted by molar-refractivity contribution is 5.95.